The van der Waals surface area contributed by atoms with Crippen molar-refractivity contribution < 1.29 is 9.90 Å². The van der Waals surface area contributed by atoms with Crippen LogP contribution in [-0.2, 0) is 6.54 Å². The molecule has 1 aliphatic heterocycles. The number of hydrogen-bond donors (Lipinski definition) is 1. The number of aliphatic imine (C=N–C) groups is 1. The number of nitrogens with zero attached hydrogens (tertiary/aromatic N) is 3. The quantitative estimate of drug-likeness (QED) is 0.869. The Morgan fingerprint density at radius 1 is 1.47 bits per heavy atom. The fourth-order valence-electron chi connectivity index (χ4n) is 2.17. The van der Waals surface area contributed by atoms with Crippen LogP contribution < -0.4 is 0 Å². The Labute approximate surface area is 114 Å². The standard InChI is InChI=1S/C13H10ClN3O2/c1-7-2-3-9-8(4-7)12(14)15-5-10-11(13(18)19)16-6-17(9)10/h2-4,6H,5H2,1H3,(H,18,19). The van der Waals surface area contributed by atoms with Gasteiger partial charge in [-0.25, -0.2) is 9.78 Å². The largest absolute Gasteiger partial charge is 0.476 e. The smallest absolute Gasteiger partial charge is 0.356 e. The van der Waals surface area contributed by atoms with Crippen molar-refractivity contribution in [3.63, 3.8) is 0 Å². The summed E-state index contributed by atoms with van der Waals surface area (Å²) in [5.41, 5.74) is 3.20. The van der Waals surface area contributed by atoms with Crippen LogP contribution in [0.4, 0.5) is 0 Å². The fourth-order valence-corrected chi connectivity index (χ4v) is 2.38. The molecule has 1 aromatic heterocycles. The minimum absolute atomic E-state index is 0.0154. The SMILES string of the molecule is Cc1ccc2c(c1)C(Cl)=NCc1c(C(=O)O)ncn1-2. The number of rotatable bonds is 1. The van der Waals surface area contributed by atoms with Gasteiger partial charge in [0.25, 0.3) is 0 Å². The molecular formula is C13H10ClN3O2. The first-order valence-corrected chi connectivity index (χ1v) is 6.06. The number of imidazole rings is 1. The highest BCUT2D eigenvalue weighted by atomic mass is 35.5. The molecule has 0 spiro atoms. The van der Waals surface area contributed by atoms with Gasteiger partial charge < -0.3 is 5.11 Å². The minimum atomic E-state index is -1.06. The zero-order valence-electron chi connectivity index (χ0n) is 10.1. The first-order valence-electron chi connectivity index (χ1n) is 5.69. The number of fused-ring (bicyclic) bond motifs is 3. The Kier molecular flexibility index (Phi) is 2.64. The second-order valence-electron chi connectivity index (χ2n) is 4.34. The molecule has 0 radical (unpaired) electrons. The van der Waals surface area contributed by atoms with Gasteiger partial charge in [0.05, 0.1) is 17.9 Å². The summed E-state index contributed by atoms with van der Waals surface area (Å²) in [6.07, 6.45) is 1.50. The van der Waals surface area contributed by atoms with Gasteiger partial charge in [-0.15, -0.1) is 0 Å². The van der Waals surface area contributed by atoms with Gasteiger partial charge in [0.2, 0.25) is 0 Å². The third kappa shape index (κ3) is 1.82. The van der Waals surface area contributed by atoms with Crippen LogP contribution in [0.1, 0.15) is 27.3 Å². The molecule has 1 N–H and O–H groups in total. The summed E-state index contributed by atoms with van der Waals surface area (Å²) in [6.45, 7) is 2.17. The molecule has 0 aliphatic carbocycles. The number of benzene rings is 1. The highest BCUT2D eigenvalue weighted by Gasteiger charge is 2.22. The van der Waals surface area contributed by atoms with Gasteiger partial charge in [-0.2, -0.15) is 0 Å². The van der Waals surface area contributed by atoms with Gasteiger partial charge in [0, 0.05) is 5.56 Å². The number of carboxylic acids is 1. The summed E-state index contributed by atoms with van der Waals surface area (Å²) >= 11 is 6.17. The van der Waals surface area contributed by atoms with E-state index in [0.717, 1.165) is 16.8 Å². The van der Waals surface area contributed by atoms with E-state index in [2.05, 4.69) is 9.98 Å². The summed E-state index contributed by atoms with van der Waals surface area (Å²) in [5.74, 6) is -1.06. The van der Waals surface area contributed by atoms with Crippen molar-refractivity contribution in [3.05, 3.63) is 47.0 Å². The molecule has 0 amide bonds. The molecule has 1 aromatic carbocycles. The van der Waals surface area contributed by atoms with Gasteiger partial charge in [0.1, 0.15) is 11.5 Å². The molecule has 3 rings (SSSR count). The van der Waals surface area contributed by atoms with E-state index in [0.29, 0.717) is 10.9 Å². The van der Waals surface area contributed by atoms with Crippen molar-refractivity contribution in [1.82, 2.24) is 9.55 Å². The van der Waals surface area contributed by atoms with E-state index < -0.39 is 5.97 Å². The molecule has 2 aromatic rings. The van der Waals surface area contributed by atoms with Crippen molar-refractivity contribution in [2.24, 2.45) is 4.99 Å². The maximum Gasteiger partial charge on any atom is 0.356 e. The highest BCUT2D eigenvalue weighted by Crippen LogP contribution is 2.26. The molecule has 0 saturated heterocycles. The lowest BCUT2D eigenvalue weighted by atomic mass is 10.1. The van der Waals surface area contributed by atoms with Crippen LogP contribution in [0.15, 0.2) is 29.5 Å². The normalized spacial score (nSPS) is 13.3. The first-order chi connectivity index (χ1) is 9.08. The number of carbonyl (C=O) groups is 1. The van der Waals surface area contributed by atoms with Crippen LogP contribution in [0.3, 0.4) is 0 Å². The van der Waals surface area contributed by atoms with E-state index in [4.69, 9.17) is 16.7 Å². The second kappa shape index (κ2) is 4.20. The Bertz CT molecular complexity index is 719. The van der Waals surface area contributed by atoms with Crippen molar-refractivity contribution in [3.8, 4) is 5.69 Å². The van der Waals surface area contributed by atoms with Crippen molar-refractivity contribution >= 4 is 22.7 Å². The summed E-state index contributed by atoms with van der Waals surface area (Å²) in [4.78, 5) is 19.3. The minimum Gasteiger partial charge on any atom is -0.476 e. The van der Waals surface area contributed by atoms with E-state index in [1.165, 1.54) is 6.33 Å². The summed E-state index contributed by atoms with van der Waals surface area (Å²) in [5, 5.41) is 9.51. The van der Waals surface area contributed by atoms with E-state index in [-0.39, 0.29) is 12.2 Å². The Morgan fingerprint density at radius 2 is 2.26 bits per heavy atom. The van der Waals surface area contributed by atoms with Gasteiger partial charge in [0.15, 0.2) is 5.69 Å². The molecule has 6 heteroatoms. The van der Waals surface area contributed by atoms with Crippen molar-refractivity contribution in [2.75, 3.05) is 0 Å². The number of aromatic nitrogens is 2. The van der Waals surface area contributed by atoms with Crippen LogP contribution >= 0.6 is 11.6 Å². The Hall–Kier alpha value is -2.14. The van der Waals surface area contributed by atoms with E-state index in [9.17, 15) is 4.79 Å². The predicted molar refractivity (Wildman–Crippen MR) is 71.4 cm³/mol. The maximum absolute atomic E-state index is 11.1. The highest BCUT2D eigenvalue weighted by molar-refractivity contribution is 6.70. The molecule has 0 atom stereocenters. The lowest BCUT2D eigenvalue weighted by Gasteiger charge is -2.09. The topological polar surface area (TPSA) is 67.5 Å². The molecule has 0 saturated carbocycles. The molecule has 5 nitrogen and oxygen atoms in total. The average molecular weight is 276 g/mol. The molecule has 19 heavy (non-hydrogen) atoms. The number of aryl methyl sites for hydroxylation is 1. The fraction of sp³-hybridized carbons (Fsp3) is 0.154. The molecular weight excluding hydrogens is 266 g/mol. The monoisotopic (exact) mass is 275 g/mol. The van der Waals surface area contributed by atoms with E-state index in [1.807, 2.05) is 25.1 Å². The zero-order chi connectivity index (χ0) is 13.6. The lowest BCUT2D eigenvalue weighted by Crippen LogP contribution is -2.05. The van der Waals surface area contributed by atoms with Crippen LogP contribution in [0.5, 0.6) is 0 Å². The molecule has 2 heterocycles. The zero-order valence-corrected chi connectivity index (χ0v) is 10.8. The Balaban J connectivity index is 2.31. The third-order valence-corrected chi connectivity index (χ3v) is 3.39. The van der Waals surface area contributed by atoms with Gasteiger partial charge in [-0.3, -0.25) is 9.56 Å². The van der Waals surface area contributed by atoms with Crippen LogP contribution in [0.25, 0.3) is 5.69 Å². The number of carboxylic acid groups (broad SMARTS) is 1. The number of aromatic carboxylic acids is 1. The van der Waals surface area contributed by atoms with Crippen LogP contribution in [-0.4, -0.2) is 25.8 Å². The maximum atomic E-state index is 11.1. The van der Waals surface area contributed by atoms with E-state index in [1.54, 1.807) is 4.57 Å². The van der Waals surface area contributed by atoms with Crippen molar-refractivity contribution in [1.29, 1.82) is 0 Å². The van der Waals surface area contributed by atoms with Crippen LogP contribution in [0, 0.1) is 6.92 Å². The van der Waals surface area contributed by atoms with Crippen LogP contribution in [0.2, 0.25) is 0 Å². The van der Waals surface area contributed by atoms with E-state index >= 15 is 0 Å². The molecule has 1 aliphatic rings. The summed E-state index contributed by atoms with van der Waals surface area (Å²) < 4.78 is 1.73. The van der Waals surface area contributed by atoms with Gasteiger partial charge in [-0.1, -0.05) is 23.2 Å². The molecule has 96 valence electrons. The molecule has 0 unspecified atom stereocenters. The van der Waals surface area contributed by atoms with Crippen molar-refractivity contribution in [2.45, 2.75) is 13.5 Å². The lowest BCUT2D eigenvalue weighted by molar-refractivity contribution is 0.0689. The van der Waals surface area contributed by atoms with Gasteiger partial charge >= 0.3 is 5.97 Å². The van der Waals surface area contributed by atoms with Gasteiger partial charge in [-0.05, 0) is 19.1 Å². The average Bonchev–Trinajstić information content (AvgIpc) is 2.74. The third-order valence-electron chi connectivity index (χ3n) is 3.07. The molecule has 0 bridgehead atoms. The number of hydrogen-bond acceptors (Lipinski definition) is 3. The predicted octanol–water partition coefficient (Wildman–Crippen LogP) is 2.38. The second-order valence-corrected chi connectivity index (χ2v) is 4.70. The summed E-state index contributed by atoms with van der Waals surface area (Å²) in [6, 6.07) is 5.76. The first kappa shape index (κ1) is 11.9. The molecule has 0 fully saturated rings. The summed E-state index contributed by atoms with van der Waals surface area (Å²) in [7, 11) is 0. The number of halogens is 1. The Morgan fingerprint density at radius 3 is 3.00 bits per heavy atom.